The Morgan fingerprint density at radius 3 is 2.85 bits per heavy atom. The first-order valence-corrected chi connectivity index (χ1v) is 5.08. The summed E-state index contributed by atoms with van der Waals surface area (Å²) in [4.78, 5) is 0. The Balaban J connectivity index is 2.38. The minimum atomic E-state index is -0.365. The van der Waals surface area contributed by atoms with Crippen molar-refractivity contribution >= 4 is 0 Å². The van der Waals surface area contributed by atoms with E-state index in [1.165, 1.54) is 0 Å². The molecule has 1 saturated heterocycles. The van der Waals surface area contributed by atoms with Gasteiger partial charge in [-0.15, -0.1) is 0 Å². The maximum atomic E-state index is 9.93. The zero-order valence-electron chi connectivity index (χ0n) is 8.53. The molecule has 3 atom stereocenters. The van der Waals surface area contributed by atoms with Crippen LogP contribution in [0.4, 0.5) is 0 Å². The summed E-state index contributed by atoms with van der Waals surface area (Å²) in [7, 11) is 1.65. The molecule has 0 radical (unpaired) electrons. The standard InChI is InChI=1S/C10H20O3/c1-3-9(12-2)10(11)8-5-4-6-13-7-8/h8-11H,3-7H2,1-2H3. The van der Waals surface area contributed by atoms with Gasteiger partial charge in [-0.3, -0.25) is 0 Å². The summed E-state index contributed by atoms with van der Waals surface area (Å²) >= 11 is 0. The van der Waals surface area contributed by atoms with Crippen molar-refractivity contribution in [2.75, 3.05) is 20.3 Å². The van der Waals surface area contributed by atoms with Gasteiger partial charge in [0.25, 0.3) is 0 Å². The van der Waals surface area contributed by atoms with Crippen molar-refractivity contribution in [2.45, 2.75) is 38.4 Å². The van der Waals surface area contributed by atoms with Crippen LogP contribution in [-0.2, 0) is 9.47 Å². The summed E-state index contributed by atoms with van der Waals surface area (Å²) in [5, 5.41) is 9.93. The highest BCUT2D eigenvalue weighted by Gasteiger charge is 2.28. The maximum Gasteiger partial charge on any atom is 0.0851 e. The molecule has 1 N–H and O–H groups in total. The van der Waals surface area contributed by atoms with Gasteiger partial charge in [-0.25, -0.2) is 0 Å². The second-order valence-electron chi connectivity index (χ2n) is 3.65. The van der Waals surface area contributed by atoms with Gasteiger partial charge in [-0.2, -0.15) is 0 Å². The van der Waals surface area contributed by atoms with E-state index in [-0.39, 0.29) is 18.1 Å². The molecule has 0 bridgehead atoms. The minimum absolute atomic E-state index is 0.0355. The van der Waals surface area contributed by atoms with E-state index in [0.717, 1.165) is 25.9 Å². The van der Waals surface area contributed by atoms with Gasteiger partial charge in [0.1, 0.15) is 0 Å². The molecular weight excluding hydrogens is 168 g/mol. The fraction of sp³-hybridized carbons (Fsp3) is 1.00. The average molecular weight is 188 g/mol. The number of aliphatic hydroxyl groups is 1. The lowest BCUT2D eigenvalue weighted by Crippen LogP contribution is -2.38. The van der Waals surface area contributed by atoms with Crippen molar-refractivity contribution in [3.8, 4) is 0 Å². The van der Waals surface area contributed by atoms with Gasteiger partial charge in [-0.05, 0) is 19.3 Å². The summed E-state index contributed by atoms with van der Waals surface area (Å²) in [6, 6.07) is 0. The summed E-state index contributed by atoms with van der Waals surface area (Å²) in [6.45, 7) is 3.55. The van der Waals surface area contributed by atoms with Crippen LogP contribution in [0.1, 0.15) is 26.2 Å². The van der Waals surface area contributed by atoms with Crippen molar-refractivity contribution in [1.29, 1.82) is 0 Å². The van der Waals surface area contributed by atoms with E-state index in [1.807, 2.05) is 6.92 Å². The van der Waals surface area contributed by atoms with Crippen LogP contribution in [0.15, 0.2) is 0 Å². The van der Waals surface area contributed by atoms with Gasteiger partial charge in [-0.1, -0.05) is 6.92 Å². The van der Waals surface area contributed by atoms with E-state index in [1.54, 1.807) is 7.11 Å². The minimum Gasteiger partial charge on any atom is -0.390 e. The van der Waals surface area contributed by atoms with Gasteiger partial charge < -0.3 is 14.6 Å². The van der Waals surface area contributed by atoms with Crippen LogP contribution in [0.25, 0.3) is 0 Å². The number of hydrogen-bond acceptors (Lipinski definition) is 3. The molecule has 78 valence electrons. The number of methoxy groups -OCH3 is 1. The first-order valence-electron chi connectivity index (χ1n) is 5.08. The molecule has 0 aromatic carbocycles. The molecule has 1 heterocycles. The number of ether oxygens (including phenoxy) is 2. The van der Waals surface area contributed by atoms with Gasteiger partial charge in [0.2, 0.25) is 0 Å². The van der Waals surface area contributed by atoms with Crippen LogP contribution < -0.4 is 0 Å². The van der Waals surface area contributed by atoms with Crippen LogP contribution >= 0.6 is 0 Å². The lowest BCUT2D eigenvalue weighted by molar-refractivity contribution is -0.0792. The number of rotatable bonds is 4. The van der Waals surface area contributed by atoms with Crippen LogP contribution in [0.3, 0.4) is 0 Å². The van der Waals surface area contributed by atoms with E-state index in [9.17, 15) is 5.11 Å². The Labute approximate surface area is 80.0 Å². The van der Waals surface area contributed by atoms with E-state index in [4.69, 9.17) is 9.47 Å². The van der Waals surface area contributed by atoms with Crippen molar-refractivity contribution in [3.63, 3.8) is 0 Å². The van der Waals surface area contributed by atoms with Crippen molar-refractivity contribution in [2.24, 2.45) is 5.92 Å². The zero-order chi connectivity index (χ0) is 9.68. The predicted molar refractivity (Wildman–Crippen MR) is 50.6 cm³/mol. The molecular formula is C10H20O3. The van der Waals surface area contributed by atoms with E-state index < -0.39 is 0 Å². The fourth-order valence-corrected chi connectivity index (χ4v) is 1.89. The van der Waals surface area contributed by atoms with Gasteiger partial charge >= 0.3 is 0 Å². The molecule has 1 fully saturated rings. The second kappa shape index (κ2) is 5.58. The Morgan fingerprint density at radius 1 is 1.62 bits per heavy atom. The van der Waals surface area contributed by atoms with Gasteiger partial charge in [0.05, 0.1) is 18.8 Å². The predicted octanol–water partition coefficient (Wildman–Crippen LogP) is 1.20. The average Bonchev–Trinajstić information content (AvgIpc) is 2.21. The highest BCUT2D eigenvalue weighted by molar-refractivity contribution is 4.77. The first kappa shape index (κ1) is 11.0. The molecule has 3 heteroatoms. The molecule has 0 aromatic heterocycles. The quantitative estimate of drug-likeness (QED) is 0.720. The van der Waals surface area contributed by atoms with Crippen LogP contribution in [0, 0.1) is 5.92 Å². The summed E-state index contributed by atoms with van der Waals surface area (Å²) in [6.07, 6.45) is 2.57. The molecule has 0 aromatic rings. The smallest absolute Gasteiger partial charge is 0.0851 e. The second-order valence-corrected chi connectivity index (χ2v) is 3.65. The molecule has 3 nitrogen and oxygen atoms in total. The largest absolute Gasteiger partial charge is 0.390 e. The van der Waals surface area contributed by atoms with Crippen LogP contribution in [0.2, 0.25) is 0 Å². The monoisotopic (exact) mass is 188 g/mol. The Bertz CT molecular complexity index is 128. The third kappa shape index (κ3) is 2.93. The van der Waals surface area contributed by atoms with Gasteiger partial charge in [0, 0.05) is 19.6 Å². The van der Waals surface area contributed by atoms with Crippen molar-refractivity contribution in [1.82, 2.24) is 0 Å². The molecule has 1 rings (SSSR count). The molecule has 0 aliphatic carbocycles. The van der Waals surface area contributed by atoms with E-state index in [0.29, 0.717) is 6.61 Å². The number of hydrogen-bond donors (Lipinski definition) is 1. The Kier molecular flexibility index (Phi) is 4.70. The van der Waals surface area contributed by atoms with Crippen LogP contribution in [-0.4, -0.2) is 37.6 Å². The lowest BCUT2D eigenvalue weighted by atomic mass is 9.91. The van der Waals surface area contributed by atoms with Crippen molar-refractivity contribution < 1.29 is 14.6 Å². The molecule has 0 saturated carbocycles. The zero-order valence-corrected chi connectivity index (χ0v) is 8.53. The SMILES string of the molecule is CCC(OC)C(O)C1CCCOC1. The first-order chi connectivity index (χ1) is 6.29. The molecule has 0 spiro atoms. The highest BCUT2D eigenvalue weighted by atomic mass is 16.5. The Hall–Kier alpha value is -0.120. The third-order valence-corrected chi connectivity index (χ3v) is 2.76. The Morgan fingerprint density at radius 2 is 2.38 bits per heavy atom. The topological polar surface area (TPSA) is 38.7 Å². The van der Waals surface area contributed by atoms with E-state index >= 15 is 0 Å². The lowest BCUT2D eigenvalue weighted by Gasteiger charge is -2.30. The number of aliphatic hydroxyl groups excluding tert-OH is 1. The van der Waals surface area contributed by atoms with Crippen LogP contribution in [0.5, 0.6) is 0 Å². The van der Waals surface area contributed by atoms with E-state index in [2.05, 4.69) is 0 Å². The highest BCUT2D eigenvalue weighted by Crippen LogP contribution is 2.21. The molecule has 0 amide bonds. The maximum absolute atomic E-state index is 9.93. The summed E-state index contributed by atoms with van der Waals surface area (Å²) in [5.74, 6) is 0.263. The third-order valence-electron chi connectivity index (χ3n) is 2.76. The molecule has 13 heavy (non-hydrogen) atoms. The summed E-state index contributed by atoms with van der Waals surface area (Å²) < 4.78 is 10.5. The van der Waals surface area contributed by atoms with Crippen molar-refractivity contribution in [3.05, 3.63) is 0 Å². The van der Waals surface area contributed by atoms with Gasteiger partial charge in [0.15, 0.2) is 0 Å². The molecule has 1 aliphatic rings. The summed E-state index contributed by atoms with van der Waals surface area (Å²) in [5.41, 5.74) is 0. The molecule has 1 aliphatic heterocycles. The fourth-order valence-electron chi connectivity index (χ4n) is 1.89. The normalized spacial score (nSPS) is 28.4. The molecule has 3 unspecified atom stereocenters.